The smallest absolute Gasteiger partial charge is 0.244 e. The molecule has 10 heteroatoms. The lowest BCUT2D eigenvalue weighted by Gasteiger charge is -2.39. The standard InChI is InChI=1S/C25H28N2O8/c28-13-20-22(31)23(32)24(33)25(35-20)34-17-6-7-19-18(11-17)15(12-27-19)9-10-26-21(30)8-3-14-1-4-16(29)5-2-14/h1-8,11-12,20,22-25,27-29,31-33H,9-10,13H2,(H,26,30)/b8-3+/t20-,22-,23+,24-,25-/m1/s1. The number of hydrogen-bond donors (Lipinski definition) is 7. The molecule has 3 aromatic rings. The van der Waals surface area contributed by atoms with Crippen molar-refractivity contribution in [3.05, 3.63) is 65.9 Å². The number of aromatic nitrogens is 1. The highest BCUT2D eigenvalue weighted by molar-refractivity contribution is 5.91. The third kappa shape index (κ3) is 5.81. The Morgan fingerprint density at radius 3 is 2.60 bits per heavy atom. The van der Waals surface area contributed by atoms with Crippen molar-refractivity contribution in [1.82, 2.24) is 10.3 Å². The van der Waals surface area contributed by atoms with Crippen LogP contribution in [0.3, 0.4) is 0 Å². The Morgan fingerprint density at radius 1 is 1.09 bits per heavy atom. The second-order valence-electron chi connectivity index (χ2n) is 8.30. The molecule has 5 atom stereocenters. The molecule has 0 radical (unpaired) electrons. The summed E-state index contributed by atoms with van der Waals surface area (Å²) in [7, 11) is 0. The Hall–Kier alpha value is -3.41. The van der Waals surface area contributed by atoms with Gasteiger partial charge in [-0.25, -0.2) is 0 Å². The third-order valence-corrected chi connectivity index (χ3v) is 5.85. The van der Waals surface area contributed by atoms with E-state index in [1.807, 2.05) is 6.20 Å². The van der Waals surface area contributed by atoms with Crippen LogP contribution in [0.5, 0.6) is 11.5 Å². The number of hydrogen-bond acceptors (Lipinski definition) is 8. The van der Waals surface area contributed by atoms with Crippen LogP contribution in [-0.4, -0.2) is 80.3 Å². The van der Waals surface area contributed by atoms with E-state index >= 15 is 0 Å². The van der Waals surface area contributed by atoms with E-state index in [1.165, 1.54) is 6.08 Å². The van der Waals surface area contributed by atoms with Crippen molar-refractivity contribution in [2.24, 2.45) is 0 Å². The number of phenols is 1. The normalized spacial score (nSPS) is 24.6. The van der Waals surface area contributed by atoms with Crippen LogP contribution in [0.2, 0.25) is 0 Å². The molecule has 1 fully saturated rings. The fraction of sp³-hybridized carbons (Fsp3) is 0.320. The molecule has 1 amide bonds. The van der Waals surface area contributed by atoms with Gasteiger partial charge in [-0.05, 0) is 54.0 Å². The number of rotatable bonds is 8. The quantitative estimate of drug-likeness (QED) is 0.226. The second-order valence-corrected chi connectivity index (χ2v) is 8.30. The number of H-pyrrole nitrogens is 1. The van der Waals surface area contributed by atoms with Crippen LogP contribution in [0, 0.1) is 0 Å². The average Bonchev–Trinajstić information content (AvgIpc) is 3.26. The minimum absolute atomic E-state index is 0.159. The first-order valence-electron chi connectivity index (χ1n) is 11.2. The number of ether oxygens (including phenoxy) is 2. The van der Waals surface area contributed by atoms with E-state index in [-0.39, 0.29) is 11.7 Å². The second kappa shape index (κ2) is 10.9. The zero-order valence-corrected chi connectivity index (χ0v) is 18.7. The van der Waals surface area contributed by atoms with Crippen LogP contribution in [0.1, 0.15) is 11.1 Å². The Morgan fingerprint density at radius 2 is 1.86 bits per heavy atom. The highest BCUT2D eigenvalue weighted by Crippen LogP contribution is 2.28. The molecule has 2 heterocycles. The van der Waals surface area contributed by atoms with Crippen LogP contribution in [-0.2, 0) is 16.0 Å². The number of phenolic OH excluding ortho intramolecular Hbond substituents is 1. The molecular formula is C25H28N2O8. The number of carbonyl (C=O) groups excluding carboxylic acids is 1. The number of aliphatic hydroxyl groups excluding tert-OH is 4. The Labute approximate surface area is 201 Å². The molecule has 1 aromatic heterocycles. The summed E-state index contributed by atoms with van der Waals surface area (Å²) in [5.41, 5.74) is 2.57. The van der Waals surface area contributed by atoms with E-state index in [4.69, 9.17) is 9.47 Å². The minimum atomic E-state index is -1.52. The molecule has 0 aliphatic carbocycles. The van der Waals surface area contributed by atoms with Crippen LogP contribution >= 0.6 is 0 Å². The fourth-order valence-electron chi connectivity index (χ4n) is 3.87. The lowest BCUT2D eigenvalue weighted by molar-refractivity contribution is -0.277. The molecule has 0 spiro atoms. The first kappa shape index (κ1) is 24.7. The maximum atomic E-state index is 12.1. The van der Waals surface area contributed by atoms with Gasteiger partial charge in [0.15, 0.2) is 0 Å². The molecule has 186 valence electrons. The number of carbonyl (C=O) groups is 1. The lowest BCUT2D eigenvalue weighted by atomic mass is 9.99. The first-order valence-corrected chi connectivity index (χ1v) is 11.2. The number of amides is 1. The van der Waals surface area contributed by atoms with E-state index < -0.39 is 37.3 Å². The van der Waals surface area contributed by atoms with Crippen molar-refractivity contribution in [2.75, 3.05) is 13.2 Å². The number of aromatic hydroxyl groups is 1. The van der Waals surface area contributed by atoms with Gasteiger partial charge in [0, 0.05) is 29.7 Å². The van der Waals surface area contributed by atoms with Crippen molar-refractivity contribution in [3.63, 3.8) is 0 Å². The molecule has 0 bridgehead atoms. The Bertz CT molecular complexity index is 1170. The van der Waals surface area contributed by atoms with E-state index in [1.54, 1.807) is 48.5 Å². The largest absolute Gasteiger partial charge is 0.508 e. The molecule has 1 aliphatic rings. The Balaban J connectivity index is 1.36. The van der Waals surface area contributed by atoms with Gasteiger partial charge in [-0.15, -0.1) is 0 Å². The summed E-state index contributed by atoms with van der Waals surface area (Å²) < 4.78 is 11.1. The fourth-order valence-corrected chi connectivity index (χ4v) is 3.87. The molecule has 35 heavy (non-hydrogen) atoms. The average molecular weight is 485 g/mol. The van der Waals surface area contributed by atoms with Crippen molar-refractivity contribution in [3.8, 4) is 11.5 Å². The summed E-state index contributed by atoms with van der Waals surface area (Å²) in [6.07, 6.45) is -1.36. The zero-order valence-electron chi connectivity index (χ0n) is 18.7. The van der Waals surface area contributed by atoms with Crippen molar-refractivity contribution in [2.45, 2.75) is 37.1 Å². The number of aliphatic hydroxyl groups is 4. The molecular weight excluding hydrogens is 456 g/mol. The molecule has 0 unspecified atom stereocenters. The predicted octanol–water partition coefficient (Wildman–Crippen LogP) is 0.424. The van der Waals surface area contributed by atoms with Gasteiger partial charge >= 0.3 is 0 Å². The topological polar surface area (TPSA) is 164 Å². The maximum Gasteiger partial charge on any atom is 0.244 e. The first-order chi connectivity index (χ1) is 16.9. The summed E-state index contributed by atoms with van der Waals surface area (Å²) in [4.78, 5) is 15.3. The molecule has 7 N–H and O–H groups in total. The SMILES string of the molecule is O=C(/C=C/c1ccc(O)cc1)NCCc1c[nH]c2ccc(O[C@@H]3O[C@H](CO)[C@@H](O)[C@H](O)[C@H]3O)cc12. The summed E-state index contributed by atoms with van der Waals surface area (Å²) in [6.45, 7) is -0.148. The van der Waals surface area contributed by atoms with Crippen molar-refractivity contribution >= 4 is 22.9 Å². The zero-order chi connectivity index (χ0) is 24.9. The van der Waals surface area contributed by atoms with Gasteiger partial charge in [-0.1, -0.05) is 12.1 Å². The van der Waals surface area contributed by atoms with E-state index in [0.717, 1.165) is 22.0 Å². The summed E-state index contributed by atoms with van der Waals surface area (Å²) >= 11 is 0. The van der Waals surface area contributed by atoms with E-state index in [0.29, 0.717) is 18.7 Å². The Kier molecular flexibility index (Phi) is 7.69. The number of nitrogens with one attached hydrogen (secondary N) is 2. The molecule has 10 nitrogen and oxygen atoms in total. The van der Waals surface area contributed by atoms with Crippen LogP contribution in [0.25, 0.3) is 17.0 Å². The van der Waals surface area contributed by atoms with Gasteiger partial charge < -0.3 is 45.3 Å². The molecule has 2 aromatic carbocycles. The molecule has 4 rings (SSSR count). The lowest BCUT2D eigenvalue weighted by Crippen LogP contribution is -2.60. The molecule has 1 saturated heterocycles. The highest BCUT2D eigenvalue weighted by Gasteiger charge is 2.44. The van der Waals surface area contributed by atoms with Crippen LogP contribution < -0.4 is 10.1 Å². The monoisotopic (exact) mass is 484 g/mol. The highest BCUT2D eigenvalue weighted by atomic mass is 16.7. The van der Waals surface area contributed by atoms with Crippen LogP contribution in [0.15, 0.2) is 54.7 Å². The van der Waals surface area contributed by atoms with Crippen molar-refractivity contribution < 1.29 is 39.8 Å². The van der Waals surface area contributed by atoms with Gasteiger partial charge in [-0.3, -0.25) is 4.79 Å². The van der Waals surface area contributed by atoms with E-state index in [9.17, 15) is 30.3 Å². The third-order valence-electron chi connectivity index (χ3n) is 5.85. The van der Waals surface area contributed by atoms with Gasteiger partial charge in [0.05, 0.1) is 6.61 Å². The summed E-state index contributed by atoms with van der Waals surface area (Å²) in [5.74, 6) is 0.278. The minimum Gasteiger partial charge on any atom is -0.508 e. The van der Waals surface area contributed by atoms with Crippen LogP contribution in [0.4, 0.5) is 0 Å². The molecule has 1 aliphatic heterocycles. The van der Waals surface area contributed by atoms with E-state index in [2.05, 4.69) is 10.3 Å². The van der Waals surface area contributed by atoms with Gasteiger partial charge in [0.1, 0.15) is 35.9 Å². The van der Waals surface area contributed by atoms with Gasteiger partial charge in [-0.2, -0.15) is 0 Å². The number of benzene rings is 2. The summed E-state index contributed by atoms with van der Waals surface area (Å²) in [6, 6.07) is 11.7. The van der Waals surface area contributed by atoms with Gasteiger partial charge in [0.25, 0.3) is 0 Å². The predicted molar refractivity (Wildman–Crippen MR) is 127 cm³/mol. The number of fused-ring (bicyclic) bond motifs is 1. The maximum absolute atomic E-state index is 12.1. The summed E-state index contributed by atoms with van der Waals surface area (Å²) in [5, 5.41) is 52.4. The number of aromatic amines is 1. The van der Waals surface area contributed by atoms with Crippen molar-refractivity contribution in [1.29, 1.82) is 0 Å². The molecule has 0 saturated carbocycles. The van der Waals surface area contributed by atoms with Gasteiger partial charge in [0.2, 0.25) is 12.2 Å².